The maximum absolute atomic E-state index is 11.4. The molecule has 1 aromatic rings. The smallest absolute Gasteiger partial charge is 0.349 e. The number of ether oxygens (including phenoxy) is 1. The first kappa shape index (κ1) is 13.2. The molecule has 0 fully saturated rings. The largest absolute Gasteiger partial charge is 0.478 e. The van der Waals surface area contributed by atoms with Gasteiger partial charge in [-0.15, -0.1) is 0 Å². The minimum Gasteiger partial charge on any atom is -0.478 e. The fourth-order valence-electron chi connectivity index (χ4n) is 1.30. The van der Waals surface area contributed by atoms with Gasteiger partial charge in [0.25, 0.3) is 0 Å². The number of pyridine rings is 1. The number of esters is 1. The van der Waals surface area contributed by atoms with Crippen LogP contribution in [0.1, 0.15) is 37.9 Å². The predicted octanol–water partition coefficient (Wildman–Crippen LogP) is 1.94. The van der Waals surface area contributed by atoms with Gasteiger partial charge in [0, 0.05) is 24.4 Å². The standard InChI is InChI=1S/C12H15NO4/c1-2-3-6-10(14)17-11(12(15)16)9-5-4-7-13-8-9/h4-5,7-8,11H,2-3,6H2,1H3,(H,15,16). The Morgan fingerprint density at radius 3 is 2.82 bits per heavy atom. The van der Waals surface area contributed by atoms with Crippen molar-refractivity contribution in [2.75, 3.05) is 0 Å². The molecule has 0 bridgehead atoms. The molecule has 1 aromatic heterocycles. The third kappa shape index (κ3) is 4.22. The Hall–Kier alpha value is -1.91. The van der Waals surface area contributed by atoms with Crippen molar-refractivity contribution in [1.82, 2.24) is 4.98 Å². The summed E-state index contributed by atoms with van der Waals surface area (Å²) < 4.78 is 4.92. The Bertz CT molecular complexity index is 377. The first-order chi connectivity index (χ1) is 8.15. The summed E-state index contributed by atoms with van der Waals surface area (Å²) in [6.45, 7) is 1.95. The van der Waals surface area contributed by atoms with E-state index in [0.717, 1.165) is 6.42 Å². The maximum atomic E-state index is 11.4. The van der Waals surface area contributed by atoms with Crippen LogP contribution < -0.4 is 0 Å². The number of carboxylic acid groups (broad SMARTS) is 1. The van der Waals surface area contributed by atoms with E-state index in [0.29, 0.717) is 12.0 Å². The van der Waals surface area contributed by atoms with E-state index in [2.05, 4.69) is 4.98 Å². The highest BCUT2D eigenvalue weighted by atomic mass is 16.6. The number of rotatable bonds is 6. The maximum Gasteiger partial charge on any atom is 0.349 e. The molecule has 5 heteroatoms. The van der Waals surface area contributed by atoms with Crippen molar-refractivity contribution in [2.24, 2.45) is 0 Å². The van der Waals surface area contributed by atoms with Gasteiger partial charge in [0.05, 0.1) is 0 Å². The molecule has 5 nitrogen and oxygen atoms in total. The monoisotopic (exact) mass is 237 g/mol. The molecule has 0 aliphatic carbocycles. The van der Waals surface area contributed by atoms with Crippen LogP contribution in [0.3, 0.4) is 0 Å². The quantitative estimate of drug-likeness (QED) is 0.765. The molecule has 0 aliphatic rings. The van der Waals surface area contributed by atoms with Crippen LogP contribution in [0.15, 0.2) is 24.5 Å². The van der Waals surface area contributed by atoms with Crippen LogP contribution in [0, 0.1) is 0 Å². The van der Waals surface area contributed by atoms with Crippen LogP contribution in [0.5, 0.6) is 0 Å². The van der Waals surface area contributed by atoms with E-state index in [4.69, 9.17) is 9.84 Å². The third-order valence-corrected chi connectivity index (χ3v) is 2.20. The third-order valence-electron chi connectivity index (χ3n) is 2.20. The molecule has 0 saturated heterocycles. The lowest BCUT2D eigenvalue weighted by atomic mass is 10.1. The molecule has 0 radical (unpaired) electrons. The molecule has 1 heterocycles. The molecular formula is C12H15NO4. The van der Waals surface area contributed by atoms with Gasteiger partial charge in [-0.1, -0.05) is 19.4 Å². The molecule has 17 heavy (non-hydrogen) atoms. The van der Waals surface area contributed by atoms with Crippen molar-refractivity contribution in [3.8, 4) is 0 Å². The number of hydrogen-bond donors (Lipinski definition) is 1. The summed E-state index contributed by atoms with van der Waals surface area (Å²) in [5.74, 6) is -1.69. The van der Waals surface area contributed by atoms with Gasteiger partial charge in [0.1, 0.15) is 0 Å². The molecule has 1 N–H and O–H groups in total. The lowest BCUT2D eigenvalue weighted by Crippen LogP contribution is -2.19. The zero-order chi connectivity index (χ0) is 12.7. The summed E-state index contributed by atoms with van der Waals surface area (Å²) in [6, 6.07) is 3.17. The van der Waals surface area contributed by atoms with Crippen LogP contribution >= 0.6 is 0 Å². The van der Waals surface area contributed by atoms with Gasteiger partial charge in [-0.2, -0.15) is 0 Å². The summed E-state index contributed by atoms with van der Waals surface area (Å²) >= 11 is 0. The topological polar surface area (TPSA) is 76.5 Å². The van der Waals surface area contributed by atoms with Crippen molar-refractivity contribution in [1.29, 1.82) is 0 Å². The Balaban J connectivity index is 2.68. The van der Waals surface area contributed by atoms with E-state index in [9.17, 15) is 9.59 Å². The van der Waals surface area contributed by atoms with Gasteiger partial charge in [-0.3, -0.25) is 9.78 Å². The predicted molar refractivity (Wildman–Crippen MR) is 60.2 cm³/mol. The summed E-state index contributed by atoms with van der Waals surface area (Å²) in [4.78, 5) is 26.2. The van der Waals surface area contributed by atoms with Gasteiger partial charge in [-0.05, 0) is 12.5 Å². The molecular weight excluding hydrogens is 222 g/mol. The first-order valence-electron chi connectivity index (χ1n) is 5.47. The normalized spacial score (nSPS) is 11.8. The molecule has 0 amide bonds. The Kier molecular flexibility index (Phi) is 5.13. The molecule has 0 aromatic carbocycles. The second kappa shape index (κ2) is 6.62. The van der Waals surface area contributed by atoms with E-state index >= 15 is 0 Å². The number of unbranched alkanes of at least 4 members (excludes halogenated alkanes) is 1. The highest BCUT2D eigenvalue weighted by Crippen LogP contribution is 2.17. The summed E-state index contributed by atoms with van der Waals surface area (Å²) in [6.07, 6.45) is 3.43. The Morgan fingerprint density at radius 1 is 1.53 bits per heavy atom. The number of aliphatic carboxylic acids is 1. The second-order valence-corrected chi connectivity index (χ2v) is 3.60. The molecule has 0 saturated carbocycles. The van der Waals surface area contributed by atoms with Gasteiger partial charge in [-0.25, -0.2) is 4.79 Å². The van der Waals surface area contributed by atoms with Crippen LogP contribution in [0.2, 0.25) is 0 Å². The van der Waals surface area contributed by atoms with Crippen LogP contribution in [0.25, 0.3) is 0 Å². The number of aromatic nitrogens is 1. The Morgan fingerprint density at radius 2 is 2.29 bits per heavy atom. The highest BCUT2D eigenvalue weighted by molar-refractivity contribution is 5.79. The molecule has 1 unspecified atom stereocenters. The van der Waals surface area contributed by atoms with E-state index in [1.165, 1.54) is 12.4 Å². The van der Waals surface area contributed by atoms with Crippen molar-refractivity contribution in [3.63, 3.8) is 0 Å². The average molecular weight is 237 g/mol. The van der Waals surface area contributed by atoms with E-state index in [1.54, 1.807) is 12.1 Å². The van der Waals surface area contributed by atoms with Gasteiger partial charge >= 0.3 is 11.9 Å². The van der Waals surface area contributed by atoms with Crippen LogP contribution in [-0.2, 0) is 14.3 Å². The molecule has 0 spiro atoms. The van der Waals surface area contributed by atoms with E-state index < -0.39 is 18.0 Å². The number of carbonyl (C=O) groups excluding carboxylic acids is 1. The molecule has 1 rings (SSSR count). The van der Waals surface area contributed by atoms with Crippen molar-refractivity contribution in [3.05, 3.63) is 30.1 Å². The lowest BCUT2D eigenvalue weighted by Gasteiger charge is -2.13. The first-order valence-corrected chi connectivity index (χ1v) is 5.47. The van der Waals surface area contributed by atoms with E-state index in [-0.39, 0.29) is 6.42 Å². The van der Waals surface area contributed by atoms with Gasteiger partial charge in [0.2, 0.25) is 6.10 Å². The minimum atomic E-state index is -1.27. The molecule has 0 aliphatic heterocycles. The summed E-state index contributed by atoms with van der Waals surface area (Å²) in [5.41, 5.74) is 0.366. The fourth-order valence-corrected chi connectivity index (χ4v) is 1.30. The zero-order valence-corrected chi connectivity index (χ0v) is 9.63. The average Bonchev–Trinajstić information content (AvgIpc) is 2.34. The fraction of sp³-hybridized carbons (Fsp3) is 0.417. The van der Waals surface area contributed by atoms with Crippen molar-refractivity contribution >= 4 is 11.9 Å². The number of nitrogens with zero attached hydrogens (tertiary/aromatic N) is 1. The SMILES string of the molecule is CCCCC(=O)OC(C(=O)O)c1cccnc1. The zero-order valence-electron chi connectivity index (χ0n) is 9.63. The summed E-state index contributed by atoms with van der Waals surface area (Å²) in [5, 5.41) is 9.00. The number of carbonyl (C=O) groups is 2. The second-order valence-electron chi connectivity index (χ2n) is 3.60. The Labute approximate surface area is 99.4 Å². The van der Waals surface area contributed by atoms with Crippen LogP contribution in [-0.4, -0.2) is 22.0 Å². The van der Waals surface area contributed by atoms with Crippen LogP contribution in [0.4, 0.5) is 0 Å². The lowest BCUT2D eigenvalue weighted by molar-refractivity contribution is -0.164. The molecule has 92 valence electrons. The minimum absolute atomic E-state index is 0.237. The van der Waals surface area contributed by atoms with Crippen molar-refractivity contribution < 1.29 is 19.4 Å². The van der Waals surface area contributed by atoms with Gasteiger partial charge < -0.3 is 9.84 Å². The van der Waals surface area contributed by atoms with E-state index in [1.807, 2.05) is 6.92 Å². The highest BCUT2D eigenvalue weighted by Gasteiger charge is 2.24. The summed E-state index contributed by atoms with van der Waals surface area (Å²) in [7, 11) is 0. The molecule has 1 atom stereocenters. The van der Waals surface area contributed by atoms with Crippen molar-refractivity contribution in [2.45, 2.75) is 32.3 Å². The number of hydrogen-bond acceptors (Lipinski definition) is 4. The van der Waals surface area contributed by atoms with Gasteiger partial charge in [0.15, 0.2) is 0 Å². The number of carboxylic acids is 1.